The van der Waals surface area contributed by atoms with Gasteiger partial charge in [-0.15, -0.1) is 0 Å². The monoisotopic (exact) mass is 482 g/mol. The van der Waals surface area contributed by atoms with Crippen LogP contribution in [-0.2, 0) is 20.9 Å². The van der Waals surface area contributed by atoms with Gasteiger partial charge in [0.15, 0.2) is 12.0 Å². The minimum atomic E-state index is -0.591. The zero-order valence-corrected chi connectivity index (χ0v) is 19.2. The molecule has 1 heterocycles. The molecule has 6 nitrogen and oxygen atoms in total. The molecule has 8 heteroatoms. The molecule has 0 aliphatic heterocycles. The maximum Gasteiger partial charge on any atom is 0.326 e. The number of ether oxygens (including phenoxy) is 1. The van der Waals surface area contributed by atoms with Crippen LogP contribution in [0.5, 0.6) is 0 Å². The van der Waals surface area contributed by atoms with Gasteiger partial charge in [0.25, 0.3) is 5.91 Å². The topological polar surface area (TPSA) is 77.4 Å². The molecule has 0 bridgehead atoms. The van der Waals surface area contributed by atoms with E-state index in [1.807, 2.05) is 0 Å². The molecule has 168 valence electrons. The number of pyridine rings is 1. The highest BCUT2D eigenvalue weighted by atomic mass is 35.5. The van der Waals surface area contributed by atoms with Gasteiger partial charge in [-0.3, -0.25) is 14.4 Å². The largest absolute Gasteiger partial charge is 0.454 e. The van der Waals surface area contributed by atoms with Crippen LogP contribution in [0.1, 0.15) is 18.5 Å². The molecule has 0 fully saturated rings. The van der Waals surface area contributed by atoms with Gasteiger partial charge in [0.1, 0.15) is 6.54 Å². The maximum atomic E-state index is 12.8. The number of esters is 1. The highest BCUT2D eigenvalue weighted by molar-refractivity contribution is 6.42. The Morgan fingerprint density at radius 3 is 2.15 bits per heavy atom. The summed E-state index contributed by atoms with van der Waals surface area (Å²) in [7, 11) is 0. The Balaban J connectivity index is 1.47. The third kappa shape index (κ3) is 4.87. The van der Waals surface area contributed by atoms with Crippen LogP contribution >= 0.6 is 23.2 Å². The molecule has 0 radical (unpaired) electrons. The number of carbonyl (C=O) groups is 2. The van der Waals surface area contributed by atoms with Gasteiger partial charge in [-0.25, -0.2) is 0 Å². The number of halogens is 2. The second-order valence-electron chi connectivity index (χ2n) is 7.57. The number of nitrogens with zero attached hydrogens (tertiary/aromatic N) is 1. The van der Waals surface area contributed by atoms with Crippen LogP contribution in [0.2, 0.25) is 10.0 Å². The second-order valence-corrected chi connectivity index (χ2v) is 8.39. The summed E-state index contributed by atoms with van der Waals surface area (Å²) in [5, 5.41) is 4.60. The van der Waals surface area contributed by atoms with Crippen molar-refractivity contribution in [3.05, 3.63) is 92.6 Å². The Morgan fingerprint density at radius 1 is 0.939 bits per heavy atom. The molecule has 3 aromatic carbocycles. The number of amides is 1. The number of benzene rings is 3. The summed E-state index contributed by atoms with van der Waals surface area (Å²) in [5.74, 6) is -1.04. The molecule has 1 atom stereocenters. The third-order valence-corrected chi connectivity index (χ3v) is 6.09. The van der Waals surface area contributed by atoms with E-state index in [2.05, 4.69) is 5.32 Å². The van der Waals surface area contributed by atoms with Crippen molar-refractivity contribution in [2.45, 2.75) is 19.5 Å². The van der Waals surface area contributed by atoms with E-state index in [0.29, 0.717) is 31.9 Å². The van der Waals surface area contributed by atoms with Gasteiger partial charge in [-0.2, -0.15) is 0 Å². The molecule has 1 amide bonds. The maximum absolute atomic E-state index is 12.8. The van der Waals surface area contributed by atoms with E-state index >= 15 is 0 Å². The lowest BCUT2D eigenvalue weighted by molar-refractivity contribution is -0.149. The van der Waals surface area contributed by atoms with Crippen molar-refractivity contribution in [2.75, 3.05) is 6.61 Å². The summed E-state index contributed by atoms with van der Waals surface area (Å²) in [6, 6.07) is 18.9. The van der Waals surface area contributed by atoms with Crippen LogP contribution in [0, 0.1) is 0 Å². The summed E-state index contributed by atoms with van der Waals surface area (Å²) < 4.78 is 6.95. The Kier molecular flexibility index (Phi) is 6.67. The van der Waals surface area contributed by atoms with Gasteiger partial charge in [-0.1, -0.05) is 53.5 Å². The number of carbonyl (C=O) groups excluding carboxylic acids is 2. The van der Waals surface area contributed by atoms with E-state index < -0.39 is 18.5 Å². The number of hydrogen-bond donors (Lipinski definition) is 1. The Hall–Kier alpha value is -3.35. The van der Waals surface area contributed by atoms with Crippen molar-refractivity contribution in [3.8, 4) is 0 Å². The molecule has 0 saturated heterocycles. The number of para-hydroxylation sites is 2. The van der Waals surface area contributed by atoms with Crippen molar-refractivity contribution in [1.82, 2.24) is 9.88 Å². The van der Waals surface area contributed by atoms with Crippen molar-refractivity contribution in [1.29, 1.82) is 0 Å². The van der Waals surface area contributed by atoms with Crippen LogP contribution in [0.15, 0.2) is 71.5 Å². The molecule has 1 unspecified atom stereocenters. The van der Waals surface area contributed by atoms with E-state index in [4.69, 9.17) is 27.9 Å². The summed E-state index contributed by atoms with van der Waals surface area (Å²) in [4.78, 5) is 37.7. The number of nitrogens with one attached hydrogen (secondary N) is 1. The zero-order valence-electron chi connectivity index (χ0n) is 17.7. The fourth-order valence-corrected chi connectivity index (χ4v) is 4.02. The molecule has 0 aliphatic carbocycles. The molecule has 0 aliphatic rings. The van der Waals surface area contributed by atoms with Crippen LogP contribution in [0.4, 0.5) is 0 Å². The molecule has 4 aromatic rings. The van der Waals surface area contributed by atoms with Crippen molar-refractivity contribution in [3.63, 3.8) is 0 Å². The lowest BCUT2D eigenvalue weighted by Gasteiger charge is -2.16. The molecule has 4 rings (SSSR count). The van der Waals surface area contributed by atoms with Crippen LogP contribution in [-0.4, -0.2) is 23.1 Å². The lowest BCUT2D eigenvalue weighted by atomic mass is 10.1. The lowest BCUT2D eigenvalue weighted by Crippen LogP contribution is -2.31. The summed E-state index contributed by atoms with van der Waals surface area (Å²) in [6.07, 6.45) is 0. The van der Waals surface area contributed by atoms with E-state index in [9.17, 15) is 14.4 Å². The van der Waals surface area contributed by atoms with Gasteiger partial charge in [-0.05, 0) is 48.9 Å². The first-order valence-electron chi connectivity index (χ1n) is 10.3. The molecular weight excluding hydrogens is 463 g/mol. The van der Waals surface area contributed by atoms with Gasteiger partial charge in [0, 0.05) is 10.8 Å². The Morgan fingerprint density at radius 2 is 1.55 bits per heavy atom. The Bertz CT molecular complexity index is 1370. The van der Waals surface area contributed by atoms with Gasteiger partial charge < -0.3 is 14.6 Å². The average molecular weight is 483 g/mol. The van der Waals surface area contributed by atoms with Crippen LogP contribution in [0.3, 0.4) is 0 Å². The molecule has 0 spiro atoms. The van der Waals surface area contributed by atoms with E-state index in [1.54, 1.807) is 78.2 Å². The predicted octanol–water partition coefficient (Wildman–Crippen LogP) is 4.88. The third-order valence-electron chi connectivity index (χ3n) is 5.35. The van der Waals surface area contributed by atoms with E-state index in [-0.39, 0.29) is 18.0 Å². The highest BCUT2D eigenvalue weighted by Gasteiger charge is 2.16. The quantitative estimate of drug-likeness (QED) is 0.313. The summed E-state index contributed by atoms with van der Waals surface area (Å²) >= 11 is 12.0. The molecule has 1 aromatic heterocycles. The van der Waals surface area contributed by atoms with Crippen molar-refractivity contribution >= 4 is 56.9 Å². The standard InChI is InChI=1S/C25H20Cl2N2O4/c1-15(16-10-11-19(26)20(27)12-16)28-23(30)14-33-24(31)13-29-21-8-4-2-6-17(21)25(32)18-7-3-5-9-22(18)29/h2-12,15H,13-14H2,1H3,(H,28,30). The van der Waals surface area contributed by atoms with Crippen molar-refractivity contribution in [2.24, 2.45) is 0 Å². The molecule has 1 N–H and O–H groups in total. The first-order chi connectivity index (χ1) is 15.8. The minimum Gasteiger partial charge on any atom is -0.454 e. The normalized spacial score (nSPS) is 12.0. The summed E-state index contributed by atoms with van der Waals surface area (Å²) in [6.45, 7) is 1.22. The molecule has 33 heavy (non-hydrogen) atoms. The first-order valence-corrected chi connectivity index (χ1v) is 11.0. The molecular formula is C25H20Cl2N2O4. The highest BCUT2D eigenvalue weighted by Crippen LogP contribution is 2.25. The van der Waals surface area contributed by atoms with Crippen LogP contribution in [0.25, 0.3) is 21.8 Å². The van der Waals surface area contributed by atoms with Crippen molar-refractivity contribution < 1.29 is 14.3 Å². The first kappa shape index (κ1) is 22.8. The molecule has 0 saturated carbocycles. The van der Waals surface area contributed by atoms with Crippen LogP contribution < -0.4 is 10.7 Å². The number of aromatic nitrogens is 1. The van der Waals surface area contributed by atoms with Gasteiger partial charge >= 0.3 is 5.97 Å². The van der Waals surface area contributed by atoms with E-state index in [1.165, 1.54) is 0 Å². The minimum absolute atomic E-state index is 0.0958. The number of fused-ring (bicyclic) bond motifs is 2. The zero-order chi connectivity index (χ0) is 23.5. The Labute approximate surface area is 199 Å². The average Bonchev–Trinajstić information content (AvgIpc) is 2.82. The second kappa shape index (κ2) is 9.65. The predicted molar refractivity (Wildman–Crippen MR) is 130 cm³/mol. The fourth-order valence-electron chi connectivity index (χ4n) is 3.72. The van der Waals surface area contributed by atoms with E-state index in [0.717, 1.165) is 5.56 Å². The smallest absolute Gasteiger partial charge is 0.326 e. The fraction of sp³-hybridized carbons (Fsp3) is 0.160. The van der Waals surface area contributed by atoms with Gasteiger partial charge in [0.05, 0.1) is 27.1 Å². The SMILES string of the molecule is CC(NC(=O)COC(=O)Cn1c2ccccc2c(=O)c2ccccc21)c1ccc(Cl)c(Cl)c1. The summed E-state index contributed by atoms with van der Waals surface area (Å²) in [5.41, 5.74) is 1.92. The number of rotatable bonds is 6. The number of hydrogen-bond acceptors (Lipinski definition) is 4. The van der Waals surface area contributed by atoms with Gasteiger partial charge in [0.2, 0.25) is 0 Å².